The summed E-state index contributed by atoms with van der Waals surface area (Å²) in [6.07, 6.45) is 14.7. The Labute approximate surface area is 203 Å². The highest BCUT2D eigenvalue weighted by Crippen LogP contribution is 2.55. The quantitative estimate of drug-likeness (QED) is 0.492. The van der Waals surface area contributed by atoms with Gasteiger partial charge >= 0.3 is 12.1 Å². The van der Waals surface area contributed by atoms with E-state index >= 15 is 0 Å². The molecule has 6 fully saturated rings. The molecule has 5 aliphatic carbocycles. The summed E-state index contributed by atoms with van der Waals surface area (Å²) >= 11 is 0. The molecular formula is C26H43N5O3. The van der Waals surface area contributed by atoms with E-state index in [1.54, 1.807) is 0 Å². The number of rotatable bonds is 5. The fraction of sp³-hybridized carbons (Fsp3) is 0.885. The van der Waals surface area contributed by atoms with Crippen LogP contribution in [0, 0.1) is 17.8 Å². The first-order chi connectivity index (χ1) is 16.4. The van der Waals surface area contributed by atoms with Gasteiger partial charge in [-0.2, -0.15) is 0 Å². The van der Waals surface area contributed by atoms with E-state index in [4.69, 9.17) is 0 Å². The summed E-state index contributed by atoms with van der Waals surface area (Å²) in [5.41, 5.74) is -0.0927. The van der Waals surface area contributed by atoms with Crippen molar-refractivity contribution in [1.29, 1.82) is 0 Å². The molecule has 6 aliphatic rings. The lowest BCUT2D eigenvalue weighted by Crippen LogP contribution is -2.62. The van der Waals surface area contributed by atoms with Gasteiger partial charge in [-0.1, -0.05) is 19.3 Å². The van der Waals surface area contributed by atoms with Gasteiger partial charge in [-0.3, -0.25) is 15.0 Å². The number of nitrogens with zero attached hydrogens (tertiary/aromatic N) is 1. The predicted octanol–water partition coefficient (Wildman–Crippen LogP) is 3.27. The number of likely N-dealkylation sites (tertiary alicyclic amines) is 1. The van der Waals surface area contributed by atoms with E-state index in [2.05, 4.69) is 26.2 Å². The minimum atomic E-state index is -0.362. The fourth-order valence-corrected chi connectivity index (χ4v) is 8.01. The van der Waals surface area contributed by atoms with Crippen LogP contribution in [-0.2, 0) is 4.79 Å². The summed E-state index contributed by atoms with van der Waals surface area (Å²) in [6, 6.07) is -0.303. The number of imide groups is 1. The molecule has 6 rings (SSSR count). The fourth-order valence-electron chi connectivity index (χ4n) is 8.01. The van der Waals surface area contributed by atoms with Crippen LogP contribution < -0.4 is 21.3 Å². The highest BCUT2D eigenvalue weighted by Gasteiger charge is 2.51. The van der Waals surface area contributed by atoms with Gasteiger partial charge in [0.1, 0.15) is 0 Å². The average Bonchev–Trinajstić information content (AvgIpc) is 2.78. The largest absolute Gasteiger partial charge is 0.335 e. The van der Waals surface area contributed by atoms with Crippen LogP contribution in [-0.4, -0.2) is 59.6 Å². The van der Waals surface area contributed by atoms with E-state index in [0.717, 1.165) is 75.8 Å². The van der Waals surface area contributed by atoms with Crippen LogP contribution in [0.3, 0.4) is 0 Å². The van der Waals surface area contributed by atoms with Crippen molar-refractivity contribution < 1.29 is 14.4 Å². The van der Waals surface area contributed by atoms with Crippen LogP contribution >= 0.6 is 0 Å². The van der Waals surface area contributed by atoms with Crippen molar-refractivity contribution in [3.63, 3.8) is 0 Å². The van der Waals surface area contributed by atoms with E-state index in [1.807, 2.05) is 6.92 Å². The standard InChI is InChI=1S/C26H43N5O3/c1-17(31-9-7-22(8-10-31)28-24(33)27-21-5-3-2-4-6-21)23(32)29-25(34)30-26-14-18-11-19(15-26)13-20(12-18)16-26/h17-22H,2-16H2,1H3,(H2,27,28,33)(H2,29,30,32,34). The van der Waals surface area contributed by atoms with Crippen molar-refractivity contribution in [3.8, 4) is 0 Å². The molecule has 1 saturated heterocycles. The first-order valence-electron chi connectivity index (χ1n) is 13.8. The molecule has 1 unspecified atom stereocenters. The lowest BCUT2D eigenvalue weighted by molar-refractivity contribution is -0.125. The molecule has 8 nitrogen and oxygen atoms in total. The number of nitrogens with one attached hydrogen (secondary N) is 4. The molecular weight excluding hydrogens is 430 g/mol. The number of carbonyl (C=O) groups is 3. The third-order valence-corrected chi connectivity index (χ3v) is 9.39. The summed E-state index contributed by atoms with van der Waals surface area (Å²) in [5.74, 6) is 2.02. The maximum absolute atomic E-state index is 12.8. The molecule has 0 radical (unpaired) electrons. The SMILES string of the molecule is CC(C(=O)NC(=O)NC12CC3CC(CC(C3)C1)C2)N1CCC(NC(=O)NC2CCCCC2)CC1. The molecule has 190 valence electrons. The van der Waals surface area contributed by atoms with Gasteiger partial charge in [-0.25, -0.2) is 9.59 Å². The normalized spacial score (nSPS) is 34.9. The van der Waals surface area contributed by atoms with Crippen molar-refractivity contribution in [2.45, 2.75) is 114 Å². The van der Waals surface area contributed by atoms with E-state index in [0.29, 0.717) is 6.04 Å². The van der Waals surface area contributed by atoms with Crippen LogP contribution in [0.4, 0.5) is 9.59 Å². The monoisotopic (exact) mass is 473 g/mol. The second kappa shape index (κ2) is 10.0. The summed E-state index contributed by atoms with van der Waals surface area (Å²) < 4.78 is 0. The minimum Gasteiger partial charge on any atom is -0.335 e. The topological polar surface area (TPSA) is 103 Å². The van der Waals surface area contributed by atoms with Crippen molar-refractivity contribution >= 4 is 18.0 Å². The minimum absolute atomic E-state index is 0.0579. The van der Waals surface area contributed by atoms with Crippen molar-refractivity contribution in [2.24, 2.45) is 17.8 Å². The molecule has 4 bridgehead atoms. The van der Waals surface area contributed by atoms with E-state index < -0.39 is 0 Å². The van der Waals surface area contributed by atoms with Crippen LogP contribution in [0.1, 0.15) is 90.4 Å². The van der Waals surface area contributed by atoms with Gasteiger partial charge < -0.3 is 16.0 Å². The summed E-state index contributed by atoms with van der Waals surface area (Å²) in [6.45, 7) is 3.34. The summed E-state index contributed by atoms with van der Waals surface area (Å²) in [7, 11) is 0. The Morgan fingerprint density at radius 3 is 1.85 bits per heavy atom. The molecule has 8 heteroatoms. The van der Waals surface area contributed by atoms with Crippen molar-refractivity contribution in [2.75, 3.05) is 13.1 Å². The van der Waals surface area contributed by atoms with Crippen LogP contribution in [0.5, 0.6) is 0 Å². The van der Waals surface area contributed by atoms with Crippen LogP contribution in [0.15, 0.2) is 0 Å². The van der Waals surface area contributed by atoms with Gasteiger partial charge in [0.2, 0.25) is 5.91 Å². The molecule has 1 atom stereocenters. The molecule has 5 saturated carbocycles. The molecule has 5 amide bonds. The lowest BCUT2D eigenvalue weighted by Gasteiger charge is -2.56. The zero-order chi connectivity index (χ0) is 23.7. The Hall–Kier alpha value is -1.83. The predicted molar refractivity (Wildman–Crippen MR) is 130 cm³/mol. The number of amides is 5. The Morgan fingerprint density at radius 1 is 0.765 bits per heavy atom. The molecule has 0 spiro atoms. The summed E-state index contributed by atoms with van der Waals surface area (Å²) in [4.78, 5) is 40.0. The molecule has 34 heavy (non-hydrogen) atoms. The van der Waals surface area contributed by atoms with Gasteiger partial charge in [0.25, 0.3) is 0 Å². The molecule has 0 aromatic rings. The smallest absolute Gasteiger partial charge is 0.321 e. The molecule has 1 heterocycles. The van der Waals surface area contributed by atoms with E-state index in [9.17, 15) is 14.4 Å². The van der Waals surface area contributed by atoms with Gasteiger partial charge in [-0.05, 0) is 88.9 Å². The maximum atomic E-state index is 12.8. The third-order valence-electron chi connectivity index (χ3n) is 9.39. The van der Waals surface area contributed by atoms with Crippen molar-refractivity contribution in [1.82, 2.24) is 26.2 Å². The lowest BCUT2D eigenvalue weighted by atomic mass is 9.53. The first-order valence-corrected chi connectivity index (χ1v) is 13.8. The number of piperidine rings is 1. The zero-order valence-electron chi connectivity index (χ0n) is 20.7. The van der Waals surface area contributed by atoms with Gasteiger partial charge in [0, 0.05) is 30.7 Å². The zero-order valence-corrected chi connectivity index (χ0v) is 20.7. The Balaban J connectivity index is 1.03. The first kappa shape index (κ1) is 23.9. The Morgan fingerprint density at radius 2 is 1.29 bits per heavy atom. The maximum Gasteiger partial charge on any atom is 0.321 e. The number of hydrogen-bond donors (Lipinski definition) is 4. The van der Waals surface area contributed by atoms with Gasteiger partial charge in [0.05, 0.1) is 6.04 Å². The third kappa shape index (κ3) is 5.52. The van der Waals surface area contributed by atoms with Crippen LogP contribution in [0.25, 0.3) is 0 Å². The highest BCUT2D eigenvalue weighted by atomic mass is 16.2. The molecule has 4 N–H and O–H groups in total. The molecule has 0 aromatic carbocycles. The number of carbonyl (C=O) groups excluding carboxylic acids is 3. The second-order valence-electron chi connectivity index (χ2n) is 12.1. The second-order valence-corrected chi connectivity index (χ2v) is 12.1. The van der Waals surface area contributed by atoms with E-state index in [1.165, 1.54) is 38.5 Å². The van der Waals surface area contributed by atoms with Crippen LogP contribution in [0.2, 0.25) is 0 Å². The number of hydrogen-bond acceptors (Lipinski definition) is 4. The highest BCUT2D eigenvalue weighted by molar-refractivity contribution is 5.97. The Bertz CT molecular complexity index is 737. The van der Waals surface area contributed by atoms with E-state index in [-0.39, 0.29) is 35.6 Å². The Kier molecular flexibility index (Phi) is 7.05. The van der Waals surface area contributed by atoms with Gasteiger partial charge in [0.15, 0.2) is 0 Å². The average molecular weight is 474 g/mol. The summed E-state index contributed by atoms with van der Waals surface area (Å²) in [5, 5.41) is 12.1. The molecule has 0 aromatic heterocycles. The number of urea groups is 2. The van der Waals surface area contributed by atoms with Crippen molar-refractivity contribution in [3.05, 3.63) is 0 Å². The van der Waals surface area contributed by atoms with Gasteiger partial charge in [-0.15, -0.1) is 0 Å². The molecule has 1 aliphatic heterocycles.